The minimum Gasteiger partial charge on any atom is -0.403 e. The average molecular weight is 255 g/mol. The van der Waals surface area contributed by atoms with Crippen molar-refractivity contribution in [2.75, 3.05) is 6.54 Å². The van der Waals surface area contributed by atoms with Gasteiger partial charge in [0.1, 0.15) is 0 Å². The molecule has 4 aliphatic rings. The maximum absolute atomic E-state index is 14.1. The molecular weight excluding hydrogens is 236 g/mol. The van der Waals surface area contributed by atoms with E-state index in [9.17, 15) is 9.18 Å². The van der Waals surface area contributed by atoms with Gasteiger partial charge < -0.3 is 14.6 Å². The second-order valence-electron chi connectivity index (χ2n) is 6.95. The first-order chi connectivity index (χ1) is 8.10. The molecule has 3 saturated heterocycles. The monoisotopic (exact) mass is 255 g/mol. The van der Waals surface area contributed by atoms with E-state index in [4.69, 9.17) is 9.31 Å². The summed E-state index contributed by atoms with van der Waals surface area (Å²) in [5, 5.41) is 2.23. The lowest BCUT2D eigenvalue weighted by Gasteiger charge is -2.55. The van der Waals surface area contributed by atoms with Gasteiger partial charge in [-0.25, -0.2) is 4.39 Å². The molecule has 1 aliphatic carbocycles. The number of hydrogen-bond donors (Lipinski definition) is 1. The minimum atomic E-state index is -1.71. The van der Waals surface area contributed by atoms with Gasteiger partial charge in [-0.15, -0.1) is 0 Å². The summed E-state index contributed by atoms with van der Waals surface area (Å²) in [6.07, 6.45) is 0.422. The van der Waals surface area contributed by atoms with E-state index in [1.807, 2.05) is 27.7 Å². The molecule has 2 bridgehead atoms. The van der Waals surface area contributed by atoms with E-state index >= 15 is 0 Å². The average Bonchev–Trinajstić information content (AvgIpc) is 2.39. The fourth-order valence-corrected chi connectivity index (χ4v) is 3.11. The molecule has 1 saturated carbocycles. The van der Waals surface area contributed by atoms with Crippen LogP contribution in [-0.4, -0.2) is 36.4 Å². The van der Waals surface area contributed by atoms with Gasteiger partial charge in [0.25, 0.3) is 5.91 Å². The second-order valence-corrected chi connectivity index (χ2v) is 6.95. The van der Waals surface area contributed by atoms with Crippen molar-refractivity contribution >= 4 is 13.0 Å². The van der Waals surface area contributed by atoms with Gasteiger partial charge in [0.05, 0.1) is 11.2 Å². The molecule has 1 amide bonds. The van der Waals surface area contributed by atoms with Crippen LogP contribution in [0.3, 0.4) is 0 Å². The molecule has 6 heteroatoms. The summed E-state index contributed by atoms with van der Waals surface area (Å²) in [6, 6.07) is 0. The van der Waals surface area contributed by atoms with E-state index in [1.54, 1.807) is 0 Å². The van der Waals surface area contributed by atoms with Gasteiger partial charge in [0, 0.05) is 11.9 Å². The quantitative estimate of drug-likeness (QED) is 0.721. The molecule has 4 nitrogen and oxygen atoms in total. The number of fused-ring (bicyclic) bond motifs is 2. The second kappa shape index (κ2) is 3.10. The Labute approximate surface area is 107 Å². The molecule has 18 heavy (non-hydrogen) atoms. The zero-order valence-electron chi connectivity index (χ0n) is 11.3. The first-order valence-electron chi connectivity index (χ1n) is 6.43. The lowest BCUT2D eigenvalue weighted by Crippen LogP contribution is -2.68. The zero-order valence-corrected chi connectivity index (χ0v) is 11.3. The third-order valence-corrected chi connectivity index (χ3v) is 5.03. The van der Waals surface area contributed by atoms with Crippen LogP contribution in [0.4, 0.5) is 4.39 Å². The summed E-state index contributed by atoms with van der Waals surface area (Å²) in [6.45, 7) is 8.35. The van der Waals surface area contributed by atoms with Crippen LogP contribution < -0.4 is 5.32 Å². The van der Waals surface area contributed by atoms with Crippen LogP contribution in [0, 0.1) is 0 Å². The first-order valence-corrected chi connectivity index (χ1v) is 6.43. The Kier molecular flexibility index (Phi) is 2.14. The van der Waals surface area contributed by atoms with Crippen LogP contribution in [0.2, 0.25) is 5.31 Å². The van der Waals surface area contributed by atoms with Crippen molar-refractivity contribution in [3.63, 3.8) is 0 Å². The topological polar surface area (TPSA) is 47.6 Å². The number of amides is 1. The van der Waals surface area contributed by atoms with Crippen LogP contribution >= 0.6 is 0 Å². The van der Waals surface area contributed by atoms with Gasteiger partial charge in [-0.1, -0.05) is 0 Å². The molecule has 0 radical (unpaired) electrons. The molecule has 4 rings (SSSR count). The minimum absolute atomic E-state index is 0.211. The Morgan fingerprint density at radius 1 is 1.17 bits per heavy atom. The number of piperidine rings is 2. The molecule has 3 heterocycles. The summed E-state index contributed by atoms with van der Waals surface area (Å²) in [5.74, 6) is -0.485. The molecule has 100 valence electrons. The largest absolute Gasteiger partial charge is 0.466 e. The highest BCUT2D eigenvalue weighted by atomic mass is 19.1. The third-order valence-electron chi connectivity index (χ3n) is 5.03. The normalized spacial score (nSPS) is 44.5. The number of hydrogen-bond acceptors (Lipinski definition) is 3. The van der Waals surface area contributed by atoms with Crippen LogP contribution in [0.1, 0.15) is 40.5 Å². The maximum Gasteiger partial charge on any atom is 0.466 e. The Hall–Kier alpha value is -0.615. The number of rotatable bonds is 1. The predicted molar refractivity (Wildman–Crippen MR) is 64.9 cm³/mol. The lowest BCUT2D eigenvalue weighted by molar-refractivity contribution is -0.149. The fourth-order valence-electron chi connectivity index (χ4n) is 3.11. The summed E-state index contributed by atoms with van der Waals surface area (Å²) in [5.41, 5.74) is -2.54. The number of carbonyl (C=O) groups is 1. The highest BCUT2D eigenvalue weighted by Crippen LogP contribution is 2.63. The molecule has 1 N–H and O–H groups in total. The third kappa shape index (κ3) is 1.36. The molecule has 0 atom stereocenters. The standard InChI is InChI=1S/C12H19BFNO3/c1-9(2)10(3,4)18-13(17-9)11-5-12(14,6-11)8(16)15-7-11/h5-7H2,1-4H3,(H,15,16). The van der Waals surface area contributed by atoms with Crippen molar-refractivity contribution in [2.24, 2.45) is 0 Å². The zero-order chi connectivity index (χ0) is 13.4. The van der Waals surface area contributed by atoms with E-state index in [0.29, 0.717) is 6.54 Å². The molecule has 0 aromatic carbocycles. The van der Waals surface area contributed by atoms with Gasteiger partial charge >= 0.3 is 7.12 Å². The summed E-state index contributed by atoms with van der Waals surface area (Å²) in [7, 11) is -0.438. The van der Waals surface area contributed by atoms with E-state index in [1.165, 1.54) is 0 Å². The fraction of sp³-hybridized carbons (Fsp3) is 0.917. The Bertz CT molecular complexity index is 402. The highest BCUT2D eigenvalue weighted by Gasteiger charge is 2.72. The maximum atomic E-state index is 14.1. The Morgan fingerprint density at radius 3 is 2.11 bits per heavy atom. The smallest absolute Gasteiger partial charge is 0.403 e. The number of nitrogens with one attached hydrogen (secondary N) is 1. The van der Waals surface area contributed by atoms with Crippen LogP contribution in [-0.2, 0) is 14.1 Å². The molecule has 0 aromatic heterocycles. The van der Waals surface area contributed by atoms with E-state index in [-0.39, 0.29) is 12.8 Å². The summed E-state index contributed by atoms with van der Waals surface area (Å²) < 4.78 is 26.1. The Morgan fingerprint density at radius 2 is 1.67 bits per heavy atom. The molecule has 0 aromatic rings. The van der Waals surface area contributed by atoms with Crippen LogP contribution in [0.5, 0.6) is 0 Å². The molecule has 0 unspecified atom stereocenters. The molecule has 4 fully saturated rings. The van der Waals surface area contributed by atoms with Crippen molar-refractivity contribution < 1.29 is 18.5 Å². The van der Waals surface area contributed by atoms with Crippen molar-refractivity contribution in [2.45, 2.75) is 62.7 Å². The van der Waals surface area contributed by atoms with Crippen molar-refractivity contribution in [3.05, 3.63) is 0 Å². The Balaban J connectivity index is 1.82. The van der Waals surface area contributed by atoms with Gasteiger partial charge in [0.15, 0.2) is 5.67 Å². The SMILES string of the molecule is CC1(C)OB(C23CNC(=O)C(F)(C2)C3)OC1(C)C. The van der Waals surface area contributed by atoms with Gasteiger partial charge in [0.2, 0.25) is 0 Å². The van der Waals surface area contributed by atoms with Crippen molar-refractivity contribution in [3.8, 4) is 0 Å². The van der Waals surface area contributed by atoms with Crippen LogP contribution in [0.15, 0.2) is 0 Å². The number of halogens is 1. The number of carbonyl (C=O) groups excluding carboxylic acids is 1. The summed E-state index contributed by atoms with van der Waals surface area (Å²) >= 11 is 0. The summed E-state index contributed by atoms with van der Waals surface area (Å²) in [4.78, 5) is 11.4. The van der Waals surface area contributed by atoms with E-state index in [0.717, 1.165) is 0 Å². The van der Waals surface area contributed by atoms with Gasteiger partial charge in [-0.05, 0) is 40.5 Å². The van der Waals surface area contributed by atoms with Crippen LogP contribution in [0.25, 0.3) is 0 Å². The van der Waals surface area contributed by atoms with Crippen molar-refractivity contribution in [1.29, 1.82) is 0 Å². The highest BCUT2D eigenvalue weighted by molar-refractivity contribution is 6.51. The first kappa shape index (κ1) is 12.4. The molecular formula is C12H19BFNO3. The lowest BCUT2D eigenvalue weighted by atomic mass is 9.40. The predicted octanol–water partition coefficient (Wildman–Crippen LogP) is 1.45. The van der Waals surface area contributed by atoms with Gasteiger partial charge in [-0.3, -0.25) is 4.79 Å². The van der Waals surface area contributed by atoms with Crippen molar-refractivity contribution in [1.82, 2.24) is 5.32 Å². The van der Waals surface area contributed by atoms with Gasteiger partial charge in [-0.2, -0.15) is 0 Å². The van der Waals surface area contributed by atoms with E-state index < -0.39 is 35.2 Å². The molecule has 3 aliphatic heterocycles. The molecule has 0 spiro atoms. The van der Waals surface area contributed by atoms with E-state index in [2.05, 4.69) is 5.32 Å². The number of alkyl halides is 1.